The average molecular weight is 765 g/mol. The molecule has 0 spiro atoms. The van der Waals surface area contributed by atoms with Crippen molar-refractivity contribution in [2.45, 2.75) is 0 Å². The van der Waals surface area contributed by atoms with Gasteiger partial charge in [-0.2, -0.15) is 0 Å². The molecule has 0 aliphatic rings. The summed E-state index contributed by atoms with van der Waals surface area (Å²) in [4.78, 5) is 2.34. The number of anilines is 3. The highest BCUT2D eigenvalue weighted by Crippen LogP contribution is 2.39. The lowest BCUT2D eigenvalue weighted by atomic mass is 9.98. The zero-order valence-electron chi connectivity index (χ0n) is 33.0. The summed E-state index contributed by atoms with van der Waals surface area (Å²) >= 11 is 0. The van der Waals surface area contributed by atoms with Crippen LogP contribution in [0.2, 0.25) is 0 Å². The van der Waals surface area contributed by atoms with Crippen molar-refractivity contribution in [3.8, 4) is 50.2 Å². The molecule has 10 aromatic carbocycles. The second-order valence-corrected chi connectivity index (χ2v) is 15.4. The molecule has 1 aromatic heterocycles. The maximum atomic E-state index is 2.36. The topological polar surface area (TPSA) is 8.17 Å². The smallest absolute Gasteiger partial charge is 0.0541 e. The fraction of sp³-hybridized carbons (Fsp3) is 0. The Balaban J connectivity index is 0.905. The lowest BCUT2D eigenvalue weighted by Crippen LogP contribution is -2.09. The monoisotopic (exact) mass is 764 g/mol. The zero-order valence-corrected chi connectivity index (χ0v) is 33.0. The predicted molar refractivity (Wildman–Crippen MR) is 255 cm³/mol. The number of nitrogens with zero attached hydrogens (tertiary/aromatic N) is 2. The average Bonchev–Trinajstić information content (AvgIpc) is 3.66. The summed E-state index contributed by atoms with van der Waals surface area (Å²) in [5.41, 5.74) is 16.5. The second kappa shape index (κ2) is 15.1. The van der Waals surface area contributed by atoms with E-state index in [0.29, 0.717) is 0 Å². The Labute approximate surface area is 350 Å². The van der Waals surface area contributed by atoms with Crippen LogP contribution >= 0.6 is 0 Å². The van der Waals surface area contributed by atoms with Gasteiger partial charge in [0.15, 0.2) is 0 Å². The van der Waals surface area contributed by atoms with Crippen LogP contribution in [0.5, 0.6) is 0 Å². The molecule has 1 heterocycles. The second-order valence-electron chi connectivity index (χ2n) is 15.4. The maximum Gasteiger partial charge on any atom is 0.0541 e. The molecule has 2 nitrogen and oxygen atoms in total. The van der Waals surface area contributed by atoms with Crippen molar-refractivity contribution in [1.82, 2.24) is 4.57 Å². The van der Waals surface area contributed by atoms with Gasteiger partial charge in [0, 0.05) is 33.5 Å². The highest BCUT2D eigenvalue weighted by atomic mass is 15.1. The summed E-state index contributed by atoms with van der Waals surface area (Å²) in [7, 11) is 0. The summed E-state index contributed by atoms with van der Waals surface area (Å²) in [6, 6.07) is 87.8. The molecule has 0 aliphatic heterocycles. The first-order valence-electron chi connectivity index (χ1n) is 20.6. The first-order chi connectivity index (χ1) is 29.7. The Hall–Kier alpha value is -7.94. The summed E-state index contributed by atoms with van der Waals surface area (Å²) in [5, 5.41) is 5.02. The van der Waals surface area contributed by atoms with E-state index in [9.17, 15) is 0 Å². The SMILES string of the molecule is c1ccc(-c2ccc(N(c3ccc(-c4ccc(-c5ccc6c(c5)c5ccccc5n6-c5ccccc5)cc4)cc3)c3ccc(-c4ccc5ccccc5c4)cc3)cc2)cc1. The normalized spacial score (nSPS) is 11.3. The van der Waals surface area contributed by atoms with Crippen molar-refractivity contribution in [3.63, 3.8) is 0 Å². The van der Waals surface area contributed by atoms with Crippen LogP contribution in [0.1, 0.15) is 0 Å². The third-order valence-electron chi connectivity index (χ3n) is 11.8. The highest BCUT2D eigenvalue weighted by Gasteiger charge is 2.16. The van der Waals surface area contributed by atoms with Crippen LogP contribution in [-0.4, -0.2) is 4.57 Å². The van der Waals surface area contributed by atoms with E-state index in [1.807, 2.05) is 0 Å². The summed E-state index contributed by atoms with van der Waals surface area (Å²) in [5.74, 6) is 0. The molecular formula is C58H40N2. The molecule has 0 amide bonds. The molecule has 0 unspecified atom stereocenters. The van der Waals surface area contributed by atoms with Gasteiger partial charge < -0.3 is 9.47 Å². The van der Waals surface area contributed by atoms with E-state index < -0.39 is 0 Å². The van der Waals surface area contributed by atoms with E-state index in [1.165, 1.54) is 82.8 Å². The van der Waals surface area contributed by atoms with Crippen LogP contribution in [0, 0.1) is 0 Å². The maximum absolute atomic E-state index is 2.36. The van der Waals surface area contributed by atoms with Crippen LogP contribution in [0.4, 0.5) is 17.1 Å². The largest absolute Gasteiger partial charge is 0.311 e. The van der Waals surface area contributed by atoms with E-state index in [0.717, 1.165) is 17.1 Å². The van der Waals surface area contributed by atoms with Crippen LogP contribution < -0.4 is 4.90 Å². The number of rotatable bonds is 8. The molecule has 282 valence electrons. The lowest BCUT2D eigenvalue weighted by Gasteiger charge is -2.26. The summed E-state index contributed by atoms with van der Waals surface area (Å²) < 4.78 is 2.36. The minimum atomic E-state index is 1.10. The molecule has 11 aromatic rings. The van der Waals surface area contributed by atoms with Gasteiger partial charge >= 0.3 is 0 Å². The van der Waals surface area contributed by atoms with Gasteiger partial charge in [-0.15, -0.1) is 0 Å². The molecule has 0 aliphatic carbocycles. The molecule has 0 saturated heterocycles. The molecular weight excluding hydrogens is 725 g/mol. The van der Waals surface area contributed by atoms with Crippen molar-refractivity contribution in [2.75, 3.05) is 4.90 Å². The Morgan fingerprint density at radius 3 is 1.25 bits per heavy atom. The quantitative estimate of drug-likeness (QED) is 0.150. The predicted octanol–water partition coefficient (Wildman–Crippen LogP) is 16.1. The van der Waals surface area contributed by atoms with Gasteiger partial charge in [-0.05, 0) is 128 Å². The van der Waals surface area contributed by atoms with Gasteiger partial charge in [-0.25, -0.2) is 0 Å². The van der Waals surface area contributed by atoms with Crippen molar-refractivity contribution in [3.05, 3.63) is 243 Å². The van der Waals surface area contributed by atoms with Gasteiger partial charge in [-0.3, -0.25) is 0 Å². The van der Waals surface area contributed by atoms with E-state index in [2.05, 4.69) is 252 Å². The third kappa shape index (κ3) is 6.51. The minimum absolute atomic E-state index is 1.10. The third-order valence-corrected chi connectivity index (χ3v) is 11.8. The molecule has 0 radical (unpaired) electrons. The number of benzene rings is 10. The molecule has 60 heavy (non-hydrogen) atoms. The van der Waals surface area contributed by atoms with Crippen LogP contribution in [0.3, 0.4) is 0 Å². The lowest BCUT2D eigenvalue weighted by molar-refractivity contribution is 1.18. The standard InChI is InChI=1S/C58H40N2/c1-3-11-41(12-4-1)44-25-32-52(33-26-44)59(54-36-29-47(30-37-54)49-24-23-42-13-7-8-14-48(42)39-49)53-34-27-45(28-35-53)43-19-21-46(22-20-43)50-31-38-58-56(40-50)55-17-9-10-18-57(55)60(58)51-15-5-2-6-16-51/h1-40H. The van der Waals surface area contributed by atoms with E-state index in [-0.39, 0.29) is 0 Å². The van der Waals surface area contributed by atoms with Gasteiger partial charge in [0.25, 0.3) is 0 Å². The molecule has 0 bridgehead atoms. The van der Waals surface area contributed by atoms with Crippen molar-refractivity contribution in [2.24, 2.45) is 0 Å². The van der Waals surface area contributed by atoms with Gasteiger partial charge in [0.05, 0.1) is 11.0 Å². The van der Waals surface area contributed by atoms with Crippen LogP contribution in [-0.2, 0) is 0 Å². The Bertz CT molecular complexity index is 3250. The summed E-state index contributed by atoms with van der Waals surface area (Å²) in [6.45, 7) is 0. The van der Waals surface area contributed by atoms with Crippen LogP contribution in [0.15, 0.2) is 243 Å². The van der Waals surface area contributed by atoms with Gasteiger partial charge in [0.1, 0.15) is 0 Å². The molecule has 0 atom stereocenters. The number of para-hydroxylation sites is 2. The number of hydrogen-bond donors (Lipinski definition) is 0. The molecule has 2 heteroatoms. The Morgan fingerprint density at radius 1 is 0.250 bits per heavy atom. The van der Waals surface area contributed by atoms with Gasteiger partial charge in [-0.1, -0.05) is 170 Å². The summed E-state index contributed by atoms with van der Waals surface area (Å²) in [6.07, 6.45) is 0. The minimum Gasteiger partial charge on any atom is -0.311 e. The van der Waals surface area contributed by atoms with E-state index in [4.69, 9.17) is 0 Å². The zero-order chi connectivity index (χ0) is 39.8. The Kier molecular flexibility index (Phi) is 8.87. The van der Waals surface area contributed by atoms with Crippen LogP contribution in [0.25, 0.3) is 82.8 Å². The van der Waals surface area contributed by atoms with Crippen molar-refractivity contribution in [1.29, 1.82) is 0 Å². The molecule has 0 saturated carbocycles. The van der Waals surface area contributed by atoms with Gasteiger partial charge in [0.2, 0.25) is 0 Å². The van der Waals surface area contributed by atoms with Crippen molar-refractivity contribution >= 4 is 49.6 Å². The van der Waals surface area contributed by atoms with E-state index in [1.54, 1.807) is 0 Å². The number of fused-ring (bicyclic) bond motifs is 4. The fourth-order valence-corrected chi connectivity index (χ4v) is 8.72. The first-order valence-corrected chi connectivity index (χ1v) is 20.6. The van der Waals surface area contributed by atoms with E-state index >= 15 is 0 Å². The molecule has 0 N–H and O–H groups in total. The molecule has 11 rings (SSSR count). The Morgan fingerprint density at radius 2 is 0.650 bits per heavy atom. The van der Waals surface area contributed by atoms with Crippen molar-refractivity contribution < 1.29 is 0 Å². The first kappa shape index (κ1) is 35.2. The molecule has 0 fully saturated rings. The highest BCUT2D eigenvalue weighted by molar-refractivity contribution is 6.10. The fourth-order valence-electron chi connectivity index (χ4n) is 8.72. The number of aromatic nitrogens is 1. The number of hydrogen-bond acceptors (Lipinski definition) is 1.